The molecular weight excluding hydrogens is 621 g/mol. The molecule has 0 fully saturated rings. The van der Waals surface area contributed by atoms with Crippen LogP contribution in [0.3, 0.4) is 0 Å². The van der Waals surface area contributed by atoms with Crippen molar-refractivity contribution in [1.82, 2.24) is 16.1 Å². The van der Waals surface area contributed by atoms with Gasteiger partial charge in [-0.2, -0.15) is 4.99 Å². The van der Waals surface area contributed by atoms with Gasteiger partial charge in [0.15, 0.2) is 0 Å². The first-order chi connectivity index (χ1) is 21.3. The Labute approximate surface area is 273 Å². The molecule has 0 aliphatic carbocycles. The number of hydrogen-bond acceptors (Lipinski definition) is 7. The second-order valence-corrected chi connectivity index (χ2v) is 11.4. The van der Waals surface area contributed by atoms with Crippen molar-refractivity contribution in [1.29, 1.82) is 0 Å². The van der Waals surface area contributed by atoms with Gasteiger partial charge in [-0.3, -0.25) is 19.9 Å². The van der Waals surface area contributed by atoms with Crippen molar-refractivity contribution in [3.63, 3.8) is 0 Å². The molecule has 0 aromatic heterocycles. The molecule has 13 heteroatoms. The molecular formula is C32H39Cl2N5O6. The summed E-state index contributed by atoms with van der Waals surface area (Å²) in [7, 11) is 0. The molecule has 0 saturated heterocycles. The lowest BCUT2D eigenvalue weighted by molar-refractivity contribution is -0.116. The number of amidine groups is 1. The number of aliphatic imine (C=N–C) groups is 1. The molecule has 11 nitrogen and oxygen atoms in total. The number of anilines is 1. The number of halogens is 2. The van der Waals surface area contributed by atoms with Crippen molar-refractivity contribution in [3.8, 4) is 5.75 Å². The number of carboxylic acid groups (broad SMARTS) is 1. The lowest BCUT2D eigenvalue weighted by atomic mass is 9.75. The summed E-state index contributed by atoms with van der Waals surface area (Å²) in [6.45, 7) is 15.6. The summed E-state index contributed by atoms with van der Waals surface area (Å²) in [5.74, 6) is -1.40. The van der Waals surface area contributed by atoms with E-state index in [4.69, 9.17) is 32.8 Å². The highest BCUT2D eigenvalue weighted by Crippen LogP contribution is 2.41. The summed E-state index contributed by atoms with van der Waals surface area (Å²) in [6.07, 6.45) is 2.96. The lowest BCUT2D eigenvalue weighted by Crippen LogP contribution is -2.40. The molecule has 0 aliphatic heterocycles. The largest absolute Gasteiger partial charge is 0.490 e. The molecule has 242 valence electrons. The van der Waals surface area contributed by atoms with Crippen LogP contribution in [-0.2, 0) is 14.4 Å². The lowest BCUT2D eigenvalue weighted by Gasteiger charge is -2.32. The minimum Gasteiger partial charge on any atom is -0.490 e. The quantitative estimate of drug-likeness (QED) is 0.0380. The Kier molecular flexibility index (Phi) is 14.8. The van der Waals surface area contributed by atoms with Crippen molar-refractivity contribution >= 4 is 58.3 Å². The van der Waals surface area contributed by atoms with Gasteiger partial charge in [-0.05, 0) is 54.3 Å². The maximum Gasteiger partial charge on any atom is 0.432 e. The number of carbonyl (C=O) groups is 3. The second kappa shape index (κ2) is 18.0. The molecule has 45 heavy (non-hydrogen) atoms. The summed E-state index contributed by atoms with van der Waals surface area (Å²) >= 11 is 13.1. The van der Waals surface area contributed by atoms with Crippen LogP contribution < -0.4 is 26.2 Å². The smallest absolute Gasteiger partial charge is 0.432 e. The molecule has 0 radical (unpaired) electrons. The van der Waals surface area contributed by atoms with Gasteiger partial charge in [-0.1, -0.05) is 62.7 Å². The Balaban J connectivity index is 2.47. The number of nitrogens with zero attached hydrogens (tertiary/aromatic N) is 1. The fourth-order valence-corrected chi connectivity index (χ4v) is 4.79. The Bertz CT molecular complexity index is 1410. The van der Waals surface area contributed by atoms with E-state index in [2.05, 4.69) is 39.6 Å². The minimum absolute atomic E-state index is 0.00733. The molecule has 0 spiro atoms. The van der Waals surface area contributed by atoms with Crippen LogP contribution in [0.4, 0.5) is 10.5 Å². The Hall–Kier alpha value is -4.16. The van der Waals surface area contributed by atoms with E-state index in [1.165, 1.54) is 6.08 Å². The van der Waals surface area contributed by atoms with Crippen LogP contribution in [0.2, 0.25) is 10.0 Å². The predicted octanol–water partition coefficient (Wildman–Crippen LogP) is 6.18. The molecule has 1 unspecified atom stereocenters. The van der Waals surface area contributed by atoms with Crippen molar-refractivity contribution < 1.29 is 29.1 Å². The standard InChI is InChI=1S/C32H39Cl2N5O6/c1-7-14-35-19-27(41)36-29-23(33)16-21(17-24(29)34)28(32(4,5)6)30(38-31(42)43)37-26(40)18-25(39-45-9-3)20-10-12-22(13-11-20)44-15-8-2/h7-8,10-13,16-18,28,35,39H,1-2,9,14-15,19H2,3-6H3,(H,36,41)(H,42,43)(H,37,38,40). The number of carbonyl (C=O) groups excluding carboxylic acids is 2. The third-order valence-corrected chi connectivity index (χ3v) is 6.57. The third kappa shape index (κ3) is 12.0. The SMILES string of the molecule is C=CCNCC(=O)Nc1c(Cl)cc(C(C(=NC(=O)O)NC(=O)C=C(NOCC)c2ccc(OCC=C)cc2)C(C)(C)C)cc1Cl. The van der Waals surface area contributed by atoms with Crippen molar-refractivity contribution in [2.75, 3.05) is 31.6 Å². The molecule has 2 aromatic carbocycles. The highest BCUT2D eigenvalue weighted by Gasteiger charge is 2.34. The Morgan fingerprint density at radius 1 is 1.07 bits per heavy atom. The van der Waals surface area contributed by atoms with Crippen LogP contribution in [0, 0.1) is 5.41 Å². The van der Waals surface area contributed by atoms with Crippen molar-refractivity contribution in [2.45, 2.75) is 33.6 Å². The number of nitrogens with one attached hydrogen (secondary N) is 4. The first-order valence-corrected chi connectivity index (χ1v) is 14.7. The van der Waals surface area contributed by atoms with E-state index in [0.717, 1.165) is 0 Å². The number of benzene rings is 2. The van der Waals surface area contributed by atoms with Crippen LogP contribution in [-0.4, -0.2) is 55.2 Å². The van der Waals surface area contributed by atoms with Gasteiger partial charge in [0.1, 0.15) is 18.2 Å². The molecule has 3 amide bonds. The molecule has 2 aromatic rings. The van der Waals surface area contributed by atoms with Gasteiger partial charge in [-0.15, -0.1) is 6.58 Å². The topological polar surface area (TPSA) is 150 Å². The van der Waals surface area contributed by atoms with E-state index in [9.17, 15) is 19.5 Å². The van der Waals surface area contributed by atoms with Crippen molar-refractivity contribution in [3.05, 3.63) is 89.0 Å². The van der Waals surface area contributed by atoms with Crippen LogP contribution >= 0.6 is 23.2 Å². The Morgan fingerprint density at radius 3 is 2.24 bits per heavy atom. The molecule has 1 atom stereocenters. The predicted molar refractivity (Wildman–Crippen MR) is 179 cm³/mol. The third-order valence-electron chi connectivity index (χ3n) is 5.98. The maximum absolute atomic E-state index is 13.4. The Morgan fingerprint density at radius 2 is 1.71 bits per heavy atom. The van der Waals surface area contributed by atoms with E-state index in [0.29, 0.717) is 42.3 Å². The van der Waals surface area contributed by atoms with Gasteiger partial charge in [0.25, 0.3) is 5.91 Å². The maximum atomic E-state index is 13.4. The zero-order valence-electron chi connectivity index (χ0n) is 25.7. The first-order valence-electron chi connectivity index (χ1n) is 14.0. The van der Waals surface area contributed by atoms with E-state index >= 15 is 0 Å². The molecule has 0 aliphatic rings. The average molecular weight is 661 g/mol. The van der Waals surface area contributed by atoms with Gasteiger partial charge in [0, 0.05) is 24.1 Å². The normalized spacial score (nSPS) is 12.6. The molecule has 0 saturated carbocycles. The summed E-state index contributed by atoms with van der Waals surface area (Å²) in [4.78, 5) is 46.6. The van der Waals surface area contributed by atoms with Gasteiger partial charge in [0.2, 0.25) is 5.91 Å². The van der Waals surface area contributed by atoms with E-state index in [-0.39, 0.29) is 34.0 Å². The highest BCUT2D eigenvalue weighted by molar-refractivity contribution is 6.40. The monoisotopic (exact) mass is 659 g/mol. The number of rotatable bonds is 15. The summed E-state index contributed by atoms with van der Waals surface area (Å²) in [5.41, 5.74) is 3.62. The zero-order valence-corrected chi connectivity index (χ0v) is 27.2. The number of amides is 3. The molecule has 0 bridgehead atoms. The number of hydrogen-bond donors (Lipinski definition) is 5. The first kappa shape index (κ1) is 37.0. The summed E-state index contributed by atoms with van der Waals surface area (Å²) in [6, 6.07) is 10.0. The molecule has 5 N–H and O–H groups in total. The fourth-order valence-electron chi connectivity index (χ4n) is 4.19. The van der Waals surface area contributed by atoms with Gasteiger partial charge < -0.3 is 25.8 Å². The van der Waals surface area contributed by atoms with Gasteiger partial charge in [0.05, 0.1) is 34.6 Å². The summed E-state index contributed by atoms with van der Waals surface area (Å²) < 4.78 is 5.52. The van der Waals surface area contributed by atoms with E-state index in [1.807, 2.05) is 20.8 Å². The zero-order chi connectivity index (χ0) is 33.6. The van der Waals surface area contributed by atoms with Crippen LogP contribution in [0.5, 0.6) is 5.75 Å². The number of hydroxylamine groups is 1. The van der Waals surface area contributed by atoms with Crippen LogP contribution in [0.1, 0.15) is 44.7 Å². The van der Waals surface area contributed by atoms with E-state index < -0.39 is 23.3 Å². The van der Waals surface area contributed by atoms with Crippen molar-refractivity contribution in [2.24, 2.45) is 10.4 Å². The average Bonchev–Trinajstić information content (AvgIpc) is 2.95. The molecule has 0 heterocycles. The number of ether oxygens (including phenoxy) is 1. The fraction of sp³-hybridized carbons (Fsp3) is 0.312. The van der Waals surface area contributed by atoms with Crippen LogP contribution in [0.25, 0.3) is 5.70 Å². The van der Waals surface area contributed by atoms with Gasteiger partial charge in [-0.25, -0.2) is 4.79 Å². The highest BCUT2D eigenvalue weighted by atomic mass is 35.5. The van der Waals surface area contributed by atoms with E-state index in [1.54, 1.807) is 55.5 Å². The molecule has 2 rings (SSSR count). The second-order valence-electron chi connectivity index (χ2n) is 10.6. The van der Waals surface area contributed by atoms with Gasteiger partial charge >= 0.3 is 6.09 Å². The van der Waals surface area contributed by atoms with Crippen LogP contribution in [0.15, 0.2) is 72.8 Å². The summed E-state index contributed by atoms with van der Waals surface area (Å²) in [5, 5.41) is 18.1. The minimum atomic E-state index is -1.51.